The van der Waals surface area contributed by atoms with E-state index < -0.39 is 58.5 Å². The Labute approximate surface area is 212 Å². The van der Waals surface area contributed by atoms with Crippen LogP contribution in [0.2, 0.25) is 0 Å². The molecule has 196 valence electrons. The van der Waals surface area contributed by atoms with Crippen molar-refractivity contribution in [2.75, 3.05) is 0 Å². The number of hydrogen-bond acceptors (Lipinski definition) is 3. The average Bonchev–Trinajstić information content (AvgIpc) is 3.30. The number of hydrogen-bond donors (Lipinski definition) is 0. The van der Waals surface area contributed by atoms with E-state index >= 15 is 0 Å². The van der Waals surface area contributed by atoms with Crippen molar-refractivity contribution in [1.29, 1.82) is 5.26 Å². The van der Waals surface area contributed by atoms with Gasteiger partial charge in [0.05, 0.1) is 22.7 Å². The van der Waals surface area contributed by atoms with Crippen molar-refractivity contribution in [3.05, 3.63) is 98.8 Å². The van der Waals surface area contributed by atoms with Crippen LogP contribution in [0.5, 0.6) is 5.75 Å². The maximum Gasteiger partial charge on any atom is 0.425 e. The Hall–Kier alpha value is -4.18. The molecular formula is C25H13F8N2O2S+. The lowest BCUT2D eigenvalue weighted by Crippen LogP contribution is -2.28. The Balaban J connectivity index is 1.90. The number of nitriles is 1. The Kier molecular flexibility index (Phi) is 6.79. The Morgan fingerprint density at radius 2 is 1.53 bits per heavy atom. The molecule has 0 unspecified atom stereocenters. The van der Waals surface area contributed by atoms with Crippen LogP contribution < -0.4 is 5.56 Å². The van der Waals surface area contributed by atoms with Crippen molar-refractivity contribution in [2.24, 2.45) is 0 Å². The molecule has 0 amide bonds. The molecule has 4 nitrogen and oxygen atoms in total. The third-order valence-electron chi connectivity index (χ3n) is 5.53. The largest absolute Gasteiger partial charge is 0.593 e. The fraction of sp³-hybridized carbons (Fsp3) is 0.120. The van der Waals surface area contributed by atoms with Gasteiger partial charge in [0.2, 0.25) is 0 Å². The smallest absolute Gasteiger partial charge is 0.425 e. The molecule has 0 aliphatic heterocycles. The van der Waals surface area contributed by atoms with Gasteiger partial charge in [-0.1, -0.05) is 12.1 Å². The molecule has 38 heavy (non-hydrogen) atoms. The van der Waals surface area contributed by atoms with Crippen LogP contribution in [0.25, 0.3) is 21.0 Å². The SMILES string of the molecule is N#Cc1c(C(F)(F)F)cc(-c2ccc(-c3ccc(C(F)(F)F)c([OH2+])c3)s2)n(Cc2ccc(F)cc2F)c1=O. The molecule has 4 aromatic rings. The summed E-state index contributed by atoms with van der Waals surface area (Å²) in [6.45, 7) is -0.641. The zero-order valence-corrected chi connectivity index (χ0v) is 19.5. The highest BCUT2D eigenvalue weighted by Gasteiger charge is 2.37. The number of rotatable bonds is 4. The van der Waals surface area contributed by atoms with E-state index in [9.17, 15) is 45.2 Å². The Morgan fingerprint density at radius 1 is 0.868 bits per heavy atom. The summed E-state index contributed by atoms with van der Waals surface area (Å²) < 4.78 is 109. The first-order chi connectivity index (χ1) is 17.7. The number of benzene rings is 2. The number of halogens is 8. The normalized spacial score (nSPS) is 12.0. The number of aromatic nitrogens is 1. The van der Waals surface area contributed by atoms with E-state index in [0.717, 1.165) is 40.2 Å². The molecule has 2 heterocycles. The molecule has 2 aromatic heterocycles. The molecule has 0 bridgehead atoms. The van der Waals surface area contributed by atoms with Crippen LogP contribution in [0.1, 0.15) is 22.3 Å². The molecule has 0 saturated carbocycles. The highest BCUT2D eigenvalue weighted by Crippen LogP contribution is 2.41. The third-order valence-corrected chi connectivity index (χ3v) is 6.69. The van der Waals surface area contributed by atoms with Crippen LogP contribution in [0.15, 0.2) is 59.4 Å². The zero-order valence-electron chi connectivity index (χ0n) is 18.6. The molecule has 4 rings (SSSR count). The van der Waals surface area contributed by atoms with Gasteiger partial charge in [-0.2, -0.15) is 31.6 Å². The lowest BCUT2D eigenvalue weighted by molar-refractivity contribution is -0.139. The van der Waals surface area contributed by atoms with Crippen LogP contribution in [-0.4, -0.2) is 9.67 Å². The summed E-state index contributed by atoms with van der Waals surface area (Å²) in [5.41, 5.74) is -5.69. The molecule has 0 aliphatic rings. The Bertz CT molecular complexity index is 1650. The minimum atomic E-state index is -5.09. The fourth-order valence-corrected chi connectivity index (χ4v) is 4.76. The fourth-order valence-electron chi connectivity index (χ4n) is 3.73. The van der Waals surface area contributed by atoms with Crippen LogP contribution in [-0.2, 0) is 18.9 Å². The summed E-state index contributed by atoms with van der Waals surface area (Å²) in [6.07, 6.45) is -9.84. The lowest BCUT2D eigenvalue weighted by atomic mass is 10.1. The second-order valence-electron chi connectivity index (χ2n) is 7.98. The van der Waals surface area contributed by atoms with Crippen molar-refractivity contribution < 1.29 is 40.2 Å². The van der Waals surface area contributed by atoms with Crippen LogP contribution >= 0.6 is 11.3 Å². The van der Waals surface area contributed by atoms with Crippen molar-refractivity contribution in [2.45, 2.75) is 18.9 Å². The van der Waals surface area contributed by atoms with Gasteiger partial charge in [-0.25, -0.2) is 8.78 Å². The van der Waals surface area contributed by atoms with Gasteiger partial charge in [-0.05, 0) is 30.3 Å². The van der Waals surface area contributed by atoms with Gasteiger partial charge in [0.1, 0.15) is 23.3 Å². The molecule has 2 aromatic carbocycles. The molecule has 0 saturated heterocycles. The highest BCUT2D eigenvalue weighted by molar-refractivity contribution is 7.18. The van der Waals surface area contributed by atoms with E-state index in [1.807, 2.05) is 0 Å². The van der Waals surface area contributed by atoms with E-state index in [2.05, 4.69) is 0 Å². The molecule has 2 N–H and O–H groups in total. The van der Waals surface area contributed by atoms with Crippen molar-refractivity contribution in [3.8, 4) is 32.8 Å². The van der Waals surface area contributed by atoms with Crippen molar-refractivity contribution in [3.63, 3.8) is 0 Å². The van der Waals surface area contributed by atoms with Gasteiger partial charge in [-0.3, -0.25) is 4.79 Å². The monoisotopic (exact) mass is 557 g/mol. The number of alkyl halides is 6. The third kappa shape index (κ3) is 5.12. The molecule has 0 spiro atoms. The first kappa shape index (κ1) is 26.9. The van der Waals surface area contributed by atoms with Crippen molar-refractivity contribution in [1.82, 2.24) is 4.57 Å². The first-order valence-electron chi connectivity index (χ1n) is 10.4. The molecule has 0 atom stereocenters. The summed E-state index contributed by atoms with van der Waals surface area (Å²) in [5, 5.41) is 17.0. The van der Waals surface area contributed by atoms with E-state index in [0.29, 0.717) is 18.2 Å². The zero-order chi connectivity index (χ0) is 28.0. The molecule has 0 aliphatic carbocycles. The summed E-state index contributed by atoms with van der Waals surface area (Å²) in [7, 11) is 0. The van der Waals surface area contributed by atoms with Crippen LogP contribution in [0.4, 0.5) is 35.1 Å². The second-order valence-corrected chi connectivity index (χ2v) is 9.06. The van der Waals surface area contributed by atoms with Gasteiger partial charge in [0.25, 0.3) is 11.3 Å². The number of nitrogens with zero attached hydrogens (tertiary/aromatic N) is 2. The van der Waals surface area contributed by atoms with Crippen LogP contribution in [0, 0.1) is 23.0 Å². The quantitative estimate of drug-likeness (QED) is 0.202. The van der Waals surface area contributed by atoms with E-state index in [4.69, 9.17) is 5.11 Å². The number of pyridine rings is 1. The molecule has 13 heteroatoms. The standard InChI is InChI=1S/C25H12F8N2O2S/c26-14-3-1-13(18(27)8-14)11-35-19(9-17(25(31,32)33)15(10-34)23(35)37)22-6-5-21(38-22)12-2-4-16(20(36)7-12)24(28,29)30/h1-9,36H,11H2/p+1. The minimum Gasteiger partial charge on any atom is -0.593 e. The van der Waals surface area contributed by atoms with E-state index in [-0.39, 0.29) is 26.6 Å². The maximum atomic E-state index is 14.3. The molecule has 0 fully saturated rings. The van der Waals surface area contributed by atoms with Gasteiger partial charge in [0.15, 0.2) is 5.56 Å². The van der Waals surface area contributed by atoms with Crippen molar-refractivity contribution >= 4 is 11.3 Å². The highest BCUT2D eigenvalue weighted by atomic mass is 32.1. The van der Waals surface area contributed by atoms with Gasteiger partial charge < -0.3 is 9.67 Å². The van der Waals surface area contributed by atoms with Gasteiger partial charge >= 0.3 is 12.4 Å². The van der Waals surface area contributed by atoms with E-state index in [1.165, 1.54) is 18.2 Å². The van der Waals surface area contributed by atoms with Crippen LogP contribution in [0.3, 0.4) is 0 Å². The Morgan fingerprint density at radius 3 is 2.11 bits per heavy atom. The molecular weight excluding hydrogens is 544 g/mol. The minimum absolute atomic E-state index is 0.0426. The second kappa shape index (κ2) is 9.60. The summed E-state index contributed by atoms with van der Waals surface area (Å²) in [4.78, 5) is 13.3. The van der Waals surface area contributed by atoms with E-state index in [1.54, 1.807) is 0 Å². The van der Waals surface area contributed by atoms with Gasteiger partial charge in [0, 0.05) is 28.1 Å². The predicted molar refractivity (Wildman–Crippen MR) is 123 cm³/mol. The predicted octanol–water partition coefficient (Wildman–Crippen LogP) is 6.92. The topological polar surface area (TPSA) is 68.7 Å². The summed E-state index contributed by atoms with van der Waals surface area (Å²) >= 11 is 0.806. The maximum absolute atomic E-state index is 14.3. The average molecular weight is 557 g/mol. The first-order valence-corrected chi connectivity index (χ1v) is 11.2. The summed E-state index contributed by atoms with van der Waals surface area (Å²) in [5.74, 6) is -2.80. The summed E-state index contributed by atoms with van der Waals surface area (Å²) in [6, 6.07) is 9.64. The molecule has 0 radical (unpaired) electrons. The number of thiophene rings is 1. The van der Waals surface area contributed by atoms with Gasteiger partial charge in [-0.15, -0.1) is 11.3 Å². The lowest BCUT2D eigenvalue weighted by Gasteiger charge is -2.17.